The molecule has 0 aliphatic carbocycles. The van der Waals surface area contributed by atoms with Crippen LogP contribution in [0.15, 0.2) is 36.5 Å². The fourth-order valence-corrected chi connectivity index (χ4v) is 1.44. The number of nitrogens with one attached hydrogen (secondary N) is 1. The predicted octanol–water partition coefficient (Wildman–Crippen LogP) is 1.61. The zero-order chi connectivity index (χ0) is 10.7. The molecular weight excluding hydrogens is 188 g/mol. The van der Waals surface area contributed by atoms with Gasteiger partial charge in [-0.2, -0.15) is 5.10 Å². The van der Waals surface area contributed by atoms with Crippen molar-refractivity contribution in [1.82, 2.24) is 9.78 Å². The van der Waals surface area contributed by atoms with Crippen LogP contribution in [0.4, 0.5) is 11.5 Å². The molecule has 4 heteroatoms. The van der Waals surface area contributed by atoms with E-state index < -0.39 is 0 Å². The van der Waals surface area contributed by atoms with Gasteiger partial charge in [-0.3, -0.25) is 4.68 Å². The molecule has 1 aromatic heterocycles. The van der Waals surface area contributed by atoms with Crippen LogP contribution in [0.25, 0.3) is 0 Å². The standard InChI is InChI=1S/C11H14N4/c1-15-11(5-6-14-15)13-8-9-3-2-4-10(12)7-9/h2-7,13H,8,12H2,1H3. The van der Waals surface area contributed by atoms with Gasteiger partial charge in [-0.15, -0.1) is 0 Å². The Morgan fingerprint density at radius 2 is 2.27 bits per heavy atom. The van der Waals surface area contributed by atoms with Crippen LogP contribution in [0, 0.1) is 0 Å². The summed E-state index contributed by atoms with van der Waals surface area (Å²) in [7, 11) is 1.90. The highest BCUT2D eigenvalue weighted by molar-refractivity contribution is 5.42. The molecule has 15 heavy (non-hydrogen) atoms. The van der Waals surface area contributed by atoms with E-state index in [-0.39, 0.29) is 0 Å². The monoisotopic (exact) mass is 202 g/mol. The first-order valence-corrected chi connectivity index (χ1v) is 4.82. The van der Waals surface area contributed by atoms with Gasteiger partial charge in [0.2, 0.25) is 0 Å². The van der Waals surface area contributed by atoms with Gasteiger partial charge < -0.3 is 11.1 Å². The highest BCUT2D eigenvalue weighted by Gasteiger charge is 1.97. The fraction of sp³-hybridized carbons (Fsp3) is 0.182. The molecule has 0 bridgehead atoms. The van der Waals surface area contributed by atoms with Crippen molar-refractivity contribution in [2.24, 2.45) is 7.05 Å². The molecule has 0 saturated carbocycles. The lowest BCUT2D eigenvalue weighted by Crippen LogP contribution is -2.04. The molecule has 3 N–H and O–H groups in total. The van der Waals surface area contributed by atoms with Crippen LogP contribution in [0.3, 0.4) is 0 Å². The smallest absolute Gasteiger partial charge is 0.124 e. The third kappa shape index (κ3) is 2.28. The van der Waals surface area contributed by atoms with Crippen LogP contribution < -0.4 is 11.1 Å². The lowest BCUT2D eigenvalue weighted by molar-refractivity contribution is 0.769. The molecule has 78 valence electrons. The van der Waals surface area contributed by atoms with E-state index in [9.17, 15) is 0 Å². The molecule has 0 atom stereocenters. The molecule has 1 aromatic carbocycles. The minimum Gasteiger partial charge on any atom is -0.399 e. The Labute approximate surface area is 88.7 Å². The molecule has 2 aromatic rings. The van der Waals surface area contributed by atoms with E-state index in [2.05, 4.69) is 10.4 Å². The van der Waals surface area contributed by atoms with Crippen LogP contribution in [0.1, 0.15) is 5.56 Å². The van der Waals surface area contributed by atoms with Crippen LogP contribution >= 0.6 is 0 Å². The van der Waals surface area contributed by atoms with E-state index in [1.54, 1.807) is 10.9 Å². The minimum atomic E-state index is 0.755. The SMILES string of the molecule is Cn1nccc1NCc1cccc(N)c1. The van der Waals surface area contributed by atoms with Crippen LogP contribution in [0.2, 0.25) is 0 Å². The Balaban J connectivity index is 2.02. The number of anilines is 2. The normalized spacial score (nSPS) is 10.2. The average molecular weight is 202 g/mol. The van der Waals surface area contributed by atoms with Crippen LogP contribution in [-0.2, 0) is 13.6 Å². The highest BCUT2D eigenvalue weighted by atomic mass is 15.3. The summed E-state index contributed by atoms with van der Waals surface area (Å²) in [6.45, 7) is 0.755. The maximum absolute atomic E-state index is 5.69. The van der Waals surface area contributed by atoms with Gasteiger partial charge in [-0.1, -0.05) is 12.1 Å². The molecule has 2 rings (SSSR count). The molecule has 0 saturated heterocycles. The Bertz CT molecular complexity index is 447. The number of benzene rings is 1. The molecule has 0 radical (unpaired) electrons. The van der Waals surface area contributed by atoms with E-state index in [0.717, 1.165) is 23.6 Å². The first kappa shape index (κ1) is 9.58. The van der Waals surface area contributed by atoms with E-state index in [1.165, 1.54) is 0 Å². The molecule has 0 fully saturated rings. The number of nitrogens with two attached hydrogens (primary N) is 1. The van der Waals surface area contributed by atoms with Crippen molar-refractivity contribution in [3.63, 3.8) is 0 Å². The molecule has 0 aliphatic heterocycles. The van der Waals surface area contributed by atoms with Gasteiger partial charge >= 0.3 is 0 Å². The molecule has 4 nitrogen and oxygen atoms in total. The van der Waals surface area contributed by atoms with Crippen molar-refractivity contribution in [3.8, 4) is 0 Å². The summed E-state index contributed by atoms with van der Waals surface area (Å²) in [5, 5.41) is 7.36. The second-order valence-electron chi connectivity index (χ2n) is 3.44. The Morgan fingerprint density at radius 1 is 1.40 bits per heavy atom. The number of rotatable bonds is 3. The number of hydrogen-bond acceptors (Lipinski definition) is 3. The number of nitrogens with zero attached hydrogens (tertiary/aromatic N) is 2. The number of aromatic nitrogens is 2. The molecular formula is C11H14N4. The second-order valence-corrected chi connectivity index (χ2v) is 3.44. The van der Waals surface area contributed by atoms with E-state index in [0.29, 0.717) is 0 Å². The zero-order valence-electron chi connectivity index (χ0n) is 8.64. The Morgan fingerprint density at radius 3 is 2.93 bits per heavy atom. The number of aryl methyl sites for hydroxylation is 1. The summed E-state index contributed by atoms with van der Waals surface area (Å²) in [6, 6.07) is 9.78. The van der Waals surface area contributed by atoms with Gasteiger partial charge in [0.05, 0.1) is 6.20 Å². The van der Waals surface area contributed by atoms with Crippen molar-refractivity contribution >= 4 is 11.5 Å². The summed E-state index contributed by atoms with van der Waals surface area (Å²) >= 11 is 0. The Kier molecular flexibility index (Phi) is 2.58. The lowest BCUT2D eigenvalue weighted by Gasteiger charge is -2.06. The van der Waals surface area contributed by atoms with Gasteiger partial charge in [0.1, 0.15) is 5.82 Å². The van der Waals surface area contributed by atoms with Gasteiger partial charge in [0.15, 0.2) is 0 Å². The molecule has 0 aliphatic rings. The van der Waals surface area contributed by atoms with Crippen molar-refractivity contribution in [2.45, 2.75) is 6.54 Å². The van der Waals surface area contributed by atoms with Gasteiger partial charge in [0, 0.05) is 25.3 Å². The molecule has 1 heterocycles. The van der Waals surface area contributed by atoms with Crippen molar-refractivity contribution in [1.29, 1.82) is 0 Å². The summed E-state index contributed by atoms with van der Waals surface area (Å²) in [5.41, 5.74) is 7.65. The average Bonchev–Trinajstić information content (AvgIpc) is 2.61. The lowest BCUT2D eigenvalue weighted by atomic mass is 10.2. The first-order chi connectivity index (χ1) is 7.25. The third-order valence-electron chi connectivity index (χ3n) is 2.25. The van der Waals surface area contributed by atoms with Crippen LogP contribution in [0.5, 0.6) is 0 Å². The van der Waals surface area contributed by atoms with Crippen LogP contribution in [-0.4, -0.2) is 9.78 Å². The Hall–Kier alpha value is -1.97. The predicted molar refractivity (Wildman–Crippen MR) is 61.4 cm³/mol. The maximum Gasteiger partial charge on any atom is 0.124 e. The minimum absolute atomic E-state index is 0.755. The number of hydrogen-bond donors (Lipinski definition) is 2. The molecule has 0 spiro atoms. The largest absolute Gasteiger partial charge is 0.399 e. The second kappa shape index (κ2) is 4.04. The highest BCUT2D eigenvalue weighted by Crippen LogP contribution is 2.10. The van der Waals surface area contributed by atoms with E-state index >= 15 is 0 Å². The summed E-state index contributed by atoms with van der Waals surface area (Å²) < 4.78 is 1.80. The third-order valence-corrected chi connectivity index (χ3v) is 2.25. The van der Waals surface area contributed by atoms with Crippen molar-refractivity contribution < 1.29 is 0 Å². The van der Waals surface area contributed by atoms with E-state index in [4.69, 9.17) is 5.73 Å². The number of nitrogen functional groups attached to an aromatic ring is 1. The summed E-state index contributed by atoms with van der Waals surface area (Å²) in [5.74, 6) is 0.998. The maximum atomic E-state index is 5.69. The topological polar surface area (TPSA) is 55.9 Å². The van der Waals surface area contributed by atoms with Gasteiger partial charge in [-0.25, -0.2) is 0 Å². The summed E-state index contributed by atoms with van der Waals surface area (Å²) in [4.78, 5) is 0. The molecule has 0 unspecified atom stereocenters. The quantitative estimate of drug-likeness (QED) is 0.743. The fourth-order valence-electron chi connectivity index (χ4n) is 1.44. The summed E-state index contributed by atoms with van der Waals surface area (Å²) in [6.07, 6.45) is 1.77. The zero-order valence-corrected chi connectivity index (χ0v) is 8.64. The van der Waals surface area contributed by atoms with Crippen molar-refractivity contribution in [2.75, 3.05) is 11.1 Å². The van der Waals surface area contributed by atoms with Gasteiger partial charge in [0.25, 0.3) is 0 Å². The first-order valence-electron chi connectivity index (χ1n) is 4.82. The van der Waals surface area contributed by atoms with Crippen molar-refractivity contribution in [3.05, 3.63) is 42.1 Å². The molecule has 0 amide bonds. The van der Waals surface area contributed by atoms with E-state index in [1.807, 2.05) is 37.4 Å². The van der Waals surface area contributed by atoms with Gasteiger partial charge in [-0.05, 0) is 17.7 Å².